The number of carboxylic acid groups (broad SMARTS) is 1. The van der Waals surface area contributed by atoms with Gasteiger partial charge in [0, 0.05) is 0 Å². The molecule has 0 spiro atoms. The molecule has 0 radical (unpaired) electrons. The lowest BCUT2D eigenvalue weighted by Gasteiger charge is -2.06. The summed E-state index contributed by atoms with van der Waals surface area (Å²) in [6.07, 6.45) is -0.433. The summed E-state index contributed by atoms with van der Waals surface area (Å²) in [6.45, 7) is -0.161. The lowest BCUT2D eigenvalue weighted by Crippen LogP contribution is -2.41. The monoisotopic (exact) mass is 171 g/mol. The van der Waals surface area contributed by atoms with Crippen molar-refractivity contribution in [3.8, 4) is 6.07 Å². The molecule has 6 heteroatoms. The van der Waals surface area contributed by atoms with Gasteiger partial charge < -0.3 is 16.2 Å². The van der Waals surface area contributed by atoms with E-state index in [1.807, 2.05) is 0 Å². The number of hydrogen-bond acceptors (Lipinski definition) is 4. The Morgan fingerprint density at radius 1 is 1.67 bits per heavy atom. The Morgan fingerprint density at radius 2 is 2.25 bits per heavy atom. The van der Waals surface area contributed by atoms with Gasteiger partial charge in [0.2, 0.25) is 5.91 Å². The Labute approximate surface area is 69.0 Å². The molecule has 0 aliphatic heterocycles. The summed E-state index contributed by atoms with van der Waals surface area (Å²) >= 11 is 0. The van der Waals surface area contributed by atoms with Gasteiger partial charge in [-0.2, -0.15) is 5.26 Å². The Hall–Kier alpha value is -1.61. The molecule has 0 fully saturated rings. The van der Waals surface area contributed by atoms with Crippen LogP contribution in [0, 0.1) is 11.3 Å². The topological polar surface area (TPSA) is 116 Å². The van der Waals surface area contributed by atoms with Gasteiger partial charge in [-0.05, 0) is 0 Å². The normalized spacial score (nSPS) is 11.3. The summed E-state index contributed by atoms with van der Waals surface area (Å²) in [5.74, 6) is -1.77. The Balaban J connectivity index is 3.78. The molecule has 0 aromatic rings. The van der Waals surface area contributed by atoms with Crippen LogP contribution in [0.1, 0.15) is 6.42 Å². The van der Waals surface area contributed by atoms with Gasteiger partial charge >= 0.3 is 5.97 Å². The summed E-state index contributed by atoms with van der Waals surface area (Å²) in [4.78, 5) is 20.8. The van der Waals surface area contributed by atoms with Crippen LogP contribution in [0.25, 0.3) is 0 Å². The van der Waals surface area contributed by atoms with Gasteiger partial charge in [0.15, 0.2) is 0 Å². The van der Waals surface area contributed by atoms with E-state index in [1.165, 1.54) is 0 Å². The second kappa shape index (κ2) is 5.09. The van der Waals surface area contributed by atoms with Crippen LogP contribution in [0.2, 0.25) is 0 Å². The van der Waals surface area contributed by atoms with Crippen molar-refractivity contribution in [1.29, 1.82) is 5.26 Å². The quantitative estimate of drug-likeness (QED) is 0.442. The third-order valence-electron chi connectivity index (χ3n) is 1.07. The molecule has 0 aliphatic carbocycles. The first-order chi connectivity index (χ1) is 5.57. The van der Waals surface area contributed by atoms with E-state index < -0.39 is 24.3 Å². The van der Waals surface area contributed by atoms with Crippen molar-refractivity contribution >= 4 is 11.9 Å². The molecule has 0 rings (SSSR count). The Kier molecular flexibility index (Phi) is 4.41. The molecule has 0 bridgehead atoms. The van der Waals surface area contributed by atoms with E-state index in [2.05, 4.69) is 5.32 Å². The van der Waals surface area contributed by atoms with Gasteiger partial charge in [-0.25, -0.2) is 0 Å². The minimum absolute atomic E-state index is 0.161. The predicted molar refractivity (Wildman–Crippen MR) is 38.9 cm³/mol. The second-order valence-corrected chi connectivity index (χ2v) is 2.08. The molecule has 0 saturated carbocycles. The summed E-state index contributed by atoms with van der Waals surface area (Å²) in [5, 5.41) is 18.4. The minimum atomic E-state index is -1.14. The van der Waals surface area contributed by atoms with E-state index in [4.69, 9.17) is 16.1 Å². The first kappa shape index (κ1) is 10.4. The van der Waals surface area contributed by atoms with Crippen molar-refractivity contribution in [3.63, 3.8) is 0 Å². The molecule has 12 heavy (non-hydrogen) atoms. The molecule has 1 atom stereocenters. The fourth-order valence-corrected chi connectivity index (χ4v) is 0.539. The van der Waals surface area contributed by atoms with E-state index in [0.717, 1.165) is 0 Å². The molecule has 1 unspecified atom stereocenters. The highest BCUT2D eigenvalue weighted by molar-refractivity contribution is 5.85. The highest BCUT2D eigenvalue weighted by Gasteiger charge is 2.15. The van der Waals surface area contributed by atoms with Gasteiger partial charge in [-0.15, -0.1) is 0 Å². The van der Waals surface area contributed by atoms with Gasteiger partial charge in [0.05, 0.1) is 18.5 Å². The summed E-state index contributed by atoms with van der Waals surface area (Å²) in [7, 11) is 0. The van der Waals surface area contributed by atoms with Crippen LogP contribution >= 0.6 is 0 Å². The minimum Gasteiger partial charge on any atom is -0.481 e. The second-order valence-electron chi connectivity index (χ2n) is 2.08. The van der Waals surface area contributed by atoms with E-state index in [0.29, 0.717) is 0 Å². The molecule has 6 nitrogen and oxygen atoms in total. The van der Waals surface area contributed by atoms with E-state index in [9.17, 15) is 9.59 Å². The van der Waals surface area contributed by atoms with Gasteiger partial charge in [0.1, 0.15) is 6.54 Å². The maximum absolute atomic E-state index is 10.8. The predicted octanol–water partition coefficient (Wildman–Crippen LogP) is -1.57. The zero-order valence-corrected chi connectivity index (χ0v) is 6.28. The maximum Gasteiger partial charge on any atom is 0.305 e. The molecule has 0 heterocycles. The molecular weight excluding hydrogens is 162 g/mol. The summed E-state index contributed by atoms with van der Waals surface area (Å²) in [5.41, 5.74) is 5.16. The number of nitrogens with zero attached hydrogens (tertiary/aromatic N) is 1. The number of hydrogen-bond donors (Lipinski definition) is 3. The Morgan fingerprint density at radius 3 is 2.67 bits per heavy atom. The number of amides is 1. The molecule has 0 aromatic heterocycles. The summed E-state index contributed by atoms with van der Waals surface area (Å²) in [6, 6.07) is 0.585. The number of nitrogens with two attached hydrogens (primary N) is 1. The van der Waals surface area contributed by atoms with Crippen LogP contribution in [-0.4, -0.2) is 29.6 Å². The maximum atomic E-state index is 10.8. The lowest BCUT2D eigenvalue weighted by atomic mass is 10.2. The first-order valence-corrected chi connectivity index (χ1v) is 3.20. The lowest BCUT2D eigenvalue weighted by molar-refractivity contribution is -0.139. The van der Waals surface area contributed by atoms with Crippen molar-refractivity contribution in [2.45, 2.75) is 12.5 Å². The van der Waals surface area contributed by atoms with Crippen molar-refractivity contribution in [1.82, 2.24) is 5.32 Å². The molecule has 1 amide bonds. The van der Waals surface area contributed by atoms with Crippen LogP contribution < -0.4 is 11.1 Å². The highest BCUT2D eigenvalue weighted by Crippen LogP contribution is 1.87. The number of carbonyl (C=O) groups excluding carboxylic acids is 1. The van der Waals surface area contributed by atoms with Gasteiger partial charge in [0.25, 0.3) is 0 Å². The highest BCUT2D eigenvalue weighted by atomic mass is 16.4. The average Bonchev–Trinajstić information content (AvgIpc) is 1.98. The van der Waals surface area contributed by atoms with E-state index >= 15 is 0 Å². The van der Waals surface area contributed by atoms with Crippen molar-refractivity contribution < 1.29 is 14.7 Å². The average molecular weight is 171 g/mol. The SMILES string of the molecule is N#CCNC(=O)C(N)CC(=O)O. The van der Waals surface area contributed by atoms with Crippen LogP contribution in [0.5, 0.6) is 0 Å². The van der Waals surface area contributed by atoms with E-state index in [1.54, 1.807) is 6.07 Å². The molecule has 0 aliphatic rings. The molecule has 0 aromatic carbocycles. The zero-order chi connectivity index (χ0) is 9.56. The fourth-order valence-electron chi connectivity index (χ4n) is 0.539. The molecule has 4 N–H and O–H groups in total. The third kappa shape index (κ3) is 4.24. The molecule has 66 valence electrons. The standard InChI is InChI=1S/C6H9N3O3/c7-1-2-9-6(12)4(8)3-5(10)11/h4H,2-3,8H2,(H,9,12)(H,10,11). The van der Waals surface area contributed by atoms with Crippen LogP contribution in [0.4, 0.5) is 0 Å². The summed E-state index contributed by atoms with van der Waals surface area (Å²) < 4.78 is 0. The number of nitrogens with one attached hydrogen (secondary N) is 1. The number of nitriles is 1. The zero-order valence-electron chi connectivity index (χ0n) is 6.28. The first-order valence-electron chi connectivity index (χ1n) is 3.20. The van der Waals surface area contributed by atoms with Crippen molar-refractivity contribution in [2.75, 3.05) is 6.54 Å². The number of rotatable bonds is 4. The van der Waals surface area contributed by atoms with Gasteiger partial charge in [-0.1, -0.05) is 0 Å². The van der Waals surface area contributed by atoms with Crippen LogP contribution in [-0.2, 0) is 9.59 Å². The van der Waals surface area contributed by atoms with Crippen LogP contribution in [0.15, 0.2) is 0 Å². The molecule has 0 saturated heterocycles. The van der Waals surface area contributed by atoms with E-state index in [-0.39, 0.29) is 6.54 Å². The fraction of sp³-hybridized carbons (Fsp3) is 0.500. The number of carboxylic acids is 1. The van der Waals surface area contributed by atoms with Crippen molar-refractivity contribution in [2.24, 2.45) is 5.73 Å². The molecular formula is C6H9N3O3. The number of carbonyl (C=O) groups is 2. The van der Waals surface area contributed by atoms with Crippen molar-refractivity contribution in [3.05, 3.63) is 0 Å². The smallest absolute Gasteiger partial charge is 0.305 e. The van der Waals surface area contributed by atoms with Gasteiger partial charge in [-0.3, -0.25) is 9.59 Å². The largest absolute Gasteiger partial charge is 0.481 e. The Bertz CT molecular complexity index is 221. The number of aliphatic carboxylic acids is 1. The third-order valence-corrected chi connectivity index (χ3v) is 1.07. The van der Waals surface area contributed by atoms with Crippen LogP contribution in [0.3, 0.4) is 0 Å².